The van der Waals surface area contributed by atoms with Gasteiger partial charge in [0, 0.05) is 11.4 Å². The number of thiophene rings is 1. The third-order valence-corrected chi connectivity index (χ3v) is 5.11. The van der Waals surface area contributed by atoms with Gasteiger partial charge in [-0.25, -0.2) is 13.6 Å². The molecule has 0 radical (unpaired) electrons. The van der Waals surface area contributed by atoms with Gasteiger partial charge in [-0.05, 0) is 25.3 Å². The molecule has 1 aromatic rings. The Morgan fingerprint density at radius 2 is 2.05 bits per heavy atom. The second-order valence-corrected chi connectivity index (χ2v) is 8.01. The number of hydrogen-bond acceptors (Lipinski definition) is 4. The third kappa shape index (κ3) is 5.22. The number of nitrogens with one attached hydrogen (secondary N) is 1. The van der Waals surface area contributed by atoms with Crippen LogP contribution in [0.1, 0.15) is 47.7 Å². The van der Waals surface area contributed by atoms with E-state index in [1.165, 1.54) is 6.07 Å². The molecule has 0 bridgehead atoms. The van der Waals surface area contributed by atoms with Crippen molar-refractivity contribution in [1.29, 1.82) is 0 Å². The summed E-state index contributed by atoms with van der Waals surface area (Å²) in [5.41, 5.74) is 0. The van der Waals surface area contributed by atoms with Crippen LogP contribution in [-0.2, 0) is 10.0 Å². The van der Waals surface area contributed by atoms with Gasteiger partial charge in [-0.15, -0.1) is 11.3 Å². The van der Waals surface area contributed by atoms with Gasteiger partial charge in [0.2, 0.25) is 10.0 Å². The Morgan fingerprint density at radius 3 is 2.55 bits per heavy atom. The number of primary sulfonamides is 1. The Labute approximate surface area is 124 Å². The monoisotopic (exact) mass is 318 g/mol. The summed E-state index contributed by atoms with van der Waals surface area (Å²) in [5, 5.41) is 7.89. The molecule has 0 saturated heterocycles. The van der Waals surface area contributed by atoms with Crippen molar-refractivity contribution >= 4 is 27.3 Å². The van der Waals surface area contributed by atoms with E-state index >= 15 is 0 Å². The highest BCUT2D eigenvalue weighted by molar-refractivity contribution is 7.89. The molecular weight excluding hydrogens is 296 g/mol. The number of carbonyl (C=O) groups excluding carboxylic acids is 1. The summed E-state index contributed by atoms with van der Waals surface area (Å²) in [6.45, 7) is 6.58. The Morgan fingerprint density at radius 1 is 1.40 bits per heavy atom. The van der Waals surface area contributed by atoms with Crippen LogP contribution in [0, 0.1) is 12.8 Å². The van der Waals surface area contributed by atoms with Crippen molar-refractivity contribution < 1.29 is 13.2 Å². The highest BCUT2D eigenvalue weighted by Gasteiger charge is 2.18. The van der Waals surface area contributed by atoms with E-state index in [9.17, 15) is 13.2 Å². The largest absolute Gasteiger partial charge is 0.351 e. The van der Waals surface area contributed by atoms with Crippen LogP contribution < -0.4 is 10.5 Å². The van der Waals surface area contributed by atoms with Crippen LogP contribution >= 0.6 is 11.3 Å². The molecule has 0 saturated carbocycles. The molecule has 3 N–H and O–H groups in total. The predicted octanol–water partition coefficient (Wildman–Crippen LogP) is 2.26. The lowest BCUT2D eigenvalue weighted by molar-refractivity contribution is 0.0957. The van der Waals surface area contributed by atoms with Gasteiger partial charge < -0.3 is 5.32 Å². The quantitative estimate of drug-likeness (QED) is 0.756. The zero-order valence-electron chi connectivity index (χ0n) is 12.1. The van der Waals surface area contributed by atoms with Gasteiger partial charge in [0.15, 0.2) is 0 Å². The summed E-state index contributed by atoms with van der Waals surface area (Å²) in [4.78, 5) is 12.9. The topological polar surface area (TPSA) is 89.3 Å². The van der Waals surface area contributed by atoms with Crippen molar-refractivity contribution in [3.63, 3.8) is 0 Å². The standard InChI is InChI=1S/C13H22N2O3S2/c1-9(2)6-4-5-7-15-13(16)11-8-12(10(3)19-11)20(14,17)18/h8-9H,4-7H2,1-3H3,(H,15,16)(H2,14,17,18). The van der Waals surface area contributed by atoms with E-state index in [1.54, 1.807) is 6.92 Å². The normalized spacial score (nSPS) is 11.8. The molecular formula is C13H22N2O3S2. The van der Waals surface area contributed by atoms with Gasteiger partial charge in [-0.2, -0.15) is 0 Å². The Balaban J connectivity index is 2.53. The first kappa shape index (κ1) is 17.1. The van der Waals surface area contributed by atoms with E-state index < -0.39 is 10.0 Å². The Bertz CT molecular complexity index is 562. The number of aryl methyl sites for hydroxylation is 1. The third-order valence-electron chi connectivity index (χ3n) is 2.90. The van der Waals surface area contributed by atoms with Crippen LogP contribution in [0.25, 0.3) is 0 Å². The van der Waals surface area contributed by atoms with Crippen LogP contribution in [0.3, 0.4) is 0 Å². The van der Waals surface area contributed by atoms with E-state index in [2.05, 4.69) is 19.2 Å². The number of carbonyl (C=O) groups is 1. The van der Waals surface area contributed by atoms with Gasteiger partial charge in [0.1, 0.15) is 0 Å². The number of amides is 1. The maximum Gasteiger partial charge on any atom is 0.261 e. The second-order valence-electron chi connectivity index (χ2n) is 5.22. The maximum absolute atomic E-state index is 11.9. The van der Waals surface area contributed by atoms with Crippen LogP contribution in [0.15, 0.2) is 11.0 Å². The molecule has 20 heavy (non-hydrogen) atoms. The van der Waals surface area contributed by atoms with E-state index in [1.807, 2.05) is 0 Å². The molecule has 1 rings (SSSR count). The van der Waals surface area contributed by atoms with Crippen molar-refractivity contribution in [3.8, 4) is 0 Å². The number of unbranched alkanes of at least 4 members (excludes halogenated alkanes) is 1. The minimum absolute atomic E-state index is 0.0347. The van der Waals surface area contributed by atoms with Gasteiger partial charge in [-0.3, -0.25) is 4.79 Å². The first-order valence-corrected chi connectivity index (χ1v) is 8.99. The number of sulfonamides is 1. The summed E-state index contributed by atoms with van der Waals surface area (Å²) in [6.07, 6.45) is 3.14. The molecule has 0 aliphatic carbocycles. The van der Waals surface area contributed by atoms with Crippen LogP contribution in [0.2, 0.25) is 0 Å². The van der Waals surface area contributed by atoms with Gasteiger partial charge in [-0.1, -0.05) is 26.7 Å². The molecule has 114 valence electrons. The lowest BCUT2D eigenvalue weighted by Crippen LogP contribution is -2.23. The molecule has 0 atom stereocenters. The molecule has 0 aromatic carbocycles. The van der Waals surface area contributed by atoms with Gasteiger partial charge in [0.25, 0.3) is 5.91 Å². The molecule has 0 spiro atoms. The van der Waals surface area contributed by atoms with Crippen molar-refractivity contribution in [2.45, 2.75) is 44.9 Å². The fourth-order valence-corrected chi connectivity index (χ4v) is 3.89. The molecule has 1 heterocycles. The zero-order chi connectivity index (χ0) is 15.3. The minimum Gasteiger partial charge on any atom is -0.351 e. The molecule has 0 unspecified atom stereocenters. The molecule has 0 fully saturated rings. The van der Waals surface area contributed by atoms with E-state index in [-0.39, 0.29) is 10.8 Å². The first-order valence-electron chi connectivity index (χ1n) is 6.63. The lowest BCUT2D eigenvalue weighted by Gasteiger charge is -2.05. The van der Waals surface area contributed by atoms with Crippen molar-refractivity contribution in [3.05, 3.63) is 15.8 Å². The van der Waals surface area contributed by atoms with Crippen molar-refractivity contribution in [1.82, 2.24) is 5.32 Å². The Hall–Kier alpha value is -0.920. The molecule has 5 nitrogen and oxygen atoms in total. The fourth-order valence-electron chi connectivity index (χ4n) is 1.83. The zero-order valence-corrected chi connectivity index (χ0v) is 13.7. The summed E-state index contributed by atoms with van der Waals surface area (Å²) in [7, 11) is -3.75. The number of nitrogens with two attached hydrogens (primary N) is 1. The van der Waals surface area contributed by atoms with Crippen molar-refractivity contribution in [2.24, 2.45) is 11.1 Å². The molecule has 1 aromatic heterocycles. The summed E-state index contributed by atoms with van der Waals surface area (Å²) >= 11 is 1.15. The molecule has 0 aliphatic heterocycles. The predicted molar refractivity (Wildman–Crippen MR) is 81.5 cm³/mol. The second kappa shape index (κ2) is 7.19. The van der Waals surface area contributed by atoms with Crippen LogP contribution in [-0.4, -0.2) is 20.9 Å². The van der Waals surface area contributed by atoms with Crippen LogP contribution in [0.4, 0.5) is 0 Å². The minimum atomic E-state index is -3.75. The maximum atomic E-state index is 11.9. The lowest BCUT2D eigenvalue weighted by atomic mass is 10.1. The number of hydrogen-bond donors (Lipinski definition) is 2. The van der Waals surface area contributed by atoms with Gasteiger partial charge in [0.05, 0.1) is 9.77 Å². The average molecular weight is 318 g/mol. The molecule has 1 amide bonds. The summed E-state index contributed by atoms with van der Waals surface area (Å²) < 4.78 is 22.6. The van der Waals surface area contributed by atoms with E-state index in [4.69, 9.17) is 5.14 Å². The first-order chi connectivity index (χ1) is 9.21. The van der Waals surface area contributed by atoms with Crippen molar-refractivity contribution in [2.75, 3.05) is 6.54 Å². The fraction of sp³-hybridized carbons (Fsp3) is 0.615. The SMILES string of the molecule is Cc1sc(C(=O)NCCCCC(C)C)cc1S(N)(=O)=O. The number of rotatable bonds is 7. The van der Waals surface area contributed by atoms with Gasteiger partial charge >= 0.3 is 0 Å². The summed E-state index contributed by atoms with van der Waals surface area (Å²) in [5.74, 6) is 0.431. The Kier molecular flexibility index (Phi) is 6.16. The highest BCUT2D eigenvalue weighted by Crippen LogP contribution is 2.24. The highest BCUT2D eigenvalue weighted by atomic mass is 32.2. The molecule has 7 heteroatoms. The molecule has 0 aliphatic rings. The smallest absolute Gasteiger partial charge is 0.261 e. The van der Waals surface area contributed by atoms with Crippen LogP contribution in [0.5, 0.6) is 0 Å². The average Bonchev–Trinajstić information content (AvgIpc) is 2.70. The van der Waals surface area contributed by atoms with E-state index in [0.29, 0.717) is 22.2 Å². The van der Waals surface area contributed by atoms with E-state index in [0.717, 1.165) is 30.6 Å². The summed E-state index contributed by atoms with van der Waals surface area (Å²) in [6, 6.07) is 1.35.